The molecule has 0 saturated heterocycles. The Balaban J connectivity index is 3.11. The minimum Gasteiger partial charge on any atom is -0.357 e. The molecule has 0 saturated carbocycles. The fourth-order valence-corrected chi connectivity index (χ4v) is 1.42. The van der Waals surface area contributed by atoms with Crippen LogP contribution in [0.25, 0.3) is 0 Å². The van der Waals surface area contributed by atoms with Crippen LogP contribution in [0.4, 0.5) is 11.8 Å². The maximum absolute atomic E-state index is 4.51. The number of nitrogens with one attached hydrogen (secondary N) is 1. The fourth-order valence-electron chi connectivity index (χ4n) is 1.42. The van der Waals surface area contributed by atoms with E-state index in [0.29, 0.717) is 5.95 Å². The normalized spacial score (nSPS) is 11.4. The fraction of sp³-hybridized carbons (Fsp3) is 0.667. The lowest BCUT2D eigenvalue weighted by Crippen LogP contribution is -2.41. The Morgan fingerprint density at radius 1 is 1.44 bits per heavy atom. The quantitative estimate of drug-likeness (QED) is 0.849. The average molecular weight is 222 g/mol. The van der Waals surface area contributed by atoms with E-state index >= 15 is 0 Å². The van der Waals surface area contributed by atoms with E-state index in [9.17, 15) is 0 Å². The molecule has 16 heavy (non-hydrogen) atoms. The highest BCUT2D eigenvalue weighted by Crippen LogP contribution is 2.26. The Labute approximate surface area is 98.1 Å². The predicted octanol–water partition coefficient (Wildman–Crippen LogP) is 2.45. The van der Waals surface area contributed by atoms with Gasteiger partial charge in [0, 0.05) is 31.4 Å². The van der Waals surface area contributed by atoms with Crippen LogP contribution >= 0.6 is 0 Å². The summed E-state index contributed by atoms with van der Waals surface area (Å²) in [6.07, 6.45) is 2.93. The zero-order chi connectivity index (χ0) is 12.3. The molecule has 1 rings (SSSR count). The molecule has 0 spiro atoms. The second-order valence-corrected chi connectivity index (χ2v) is 4.68. The summed E-state index contributed by atoms with van der Waals surface area (Å²) in [6, 6.07) is 0. The Morgan fingerprint density at radius 3 is 2.56 bits per heavy atom. The molecule has 0 atom stereocenters. The van der Waals surface area contributed by atoms with E-state index in [1.807, 2.05) is 20.2 Å². The molecule has 1 heterocycles. The van der Waals surface area contributed by atoms with Gasteiger partial charge in [-0.3, -0.25) is 0 Å². The number of aryl methyl sites for hydroxylation is 1. The largest absolute Gasteiger partial charge is 0.357 e. The van der Waals surface area contributed by atoms with Crippen molar-refractivity contribution in [2.24, 2.45) is 0 Å². The molecule has 0 radical (unpaired) electrons. The van der Waals surface area contributed by atoms with Crippen molar-refractivity contribution in [1.29, 1.82) is 0 Å². The molecule has 4 heteroatoms. The van der Waals surface area contributed by atoms with Gasteiger partial charge >= 0.3 is 0 Å². The maximum Gasteiger partial charge on any atom is 0.224 e. The van der Waals surface area contributed by atoms with E-state index in [0.717, 1.165) is 17.8 Å². The predicted molar refractivity (Wildman–Crippen MR) is 69.1 cm³/mol. The van der Waals surface area contributed by atoms with E-state index < -0.39 is 0 Å². The minimum absolute atomic E-state index is 0.101. The van der Waals surface area contributed by atoms with Gasteiger partial charge in [0.2, 0.25) is 5.95 Å². The first-order valence-corrected chi connectivity index (χ1v) is 5.67. The summed E-state index contributed by atoms with van der Waals surface area (Å²) >= 11 is 0. The van der Waals surface area contributed by atoms with Crippen LogP contribution in [0.5, 0.6) is 0 Å². The number of aromatic nitrogens is 2. The first-order chi connectivity index (χ1) is 7.42. The Kier molecular flexibility index (Phi) is 3.73. The van der Waals surface area contributed by atoms with Gasteiger partial charge in [0.25, 0.3) is 0 Å². The van der Waals surface area contributed by atoms with Crippen molar-refractivity contribution in [3.63, 3.8) is 0 Å². The summed E-state index contributed by atoms with van der Waals surface area (Å²) in [7, 11) is 3.91. The molecule has 0 aliphatic heterocycles. The van der Waals surface area contributed by atoms with Gasteiger partial charge in [-0.2, -0.15) is 4.98 Å². The molecule has 1 aromatic rings. The second kappa shape index (κ2) is 4.68. The summed E-state index contributed by atoms with van der Waals surface area (Å²) in [5, 5.41) is 2.97. The number of rotatable bonds is 4. The standard InChI is InChI=1S/C12H22N4/c1-7-12(3,4)16(6)10-9(2)8-14-11(13-5)15-10/h8H,7H2,1-6H3,(H,13,14,15). The van der Waals surface area contributed by atoms with Crippen LogP contribution in [0.2, 0.25) is 0 Å². The lowest BCUT2D eigenvalue weighted by molar-refractivity contribution is 0.466. The monoisotopic (exact) mass is 222 g/mol. The van der Waals surface area contributed by atoms with Crippen LogP contribution in [0.1, 0.15) is 32.8 Å². The average Bonchev–Trinajstić information content (AvgIpc) is 2.29. The molecule has 0 amide bonds. The Bertz CT molecular complexity index is 360. The lowest BCUT2D eigenvalue weighted by Gasteiger charge is -2.36. The van der Waals surface area contributed by atoms with Crippen molar-refractivity contribution in [3.05, 3.63) is 11.8 Å². The van der Waals surface area contributed by atoms with Crippen LogP contribution in [0.15, 0.2) is 6.20 Å². The van der Waals surface area contributed by atoms with Gasteiger partial charge < -0.3 is 10.2 Å². The Hall–Kier alpha value is -1.32. The van der Waals surface area contributed by atoms with E-state index in [1.54, 1.807) is 0 Å². The highest BCUT2D eigenvalue weighted by molar-refractivity contribution is 5.50. The first kappa shape index (κ1) is 12.7. The van der Waals surface area contributed by atoms with E-state index in [2.05, 4.69) is 48.0 Å². The van der Waals surface area contributed by atoms with Crippen molar-refractivity contribution >= 4 is 11.8 Å². The van der Waals surface area contributed by atoms with Crippen LogP contribution in [0.3, 0.4) is 0 Å². The third kappa shape index (κ3) is 2.43. The molecule has 1 N–H and O–H groups in total. The van der Waals surface area contributed by atoms with Crippen LogP contribution in [-0.4, -0.2) is 29.6 Å². The summed E-state index contributed by atoms with van der Waals surface area (Å²) in [5.74, 6) is 1.66. The Morgan fingerprint density at radius 2 is 2.06 bits per heavy atom. The minimum atomic E-state index is 0.101. The van der Waals surface area contributed by atoms with Crippen molar-refractivity contribution < 1.29 is 0 Å². The summed E-state index contributed by atoms with van der Waals surface area (Å²) in [6.45, 7) is 8.66. The molecule has 0 unspecified atom stereocenters. The number of hydrogen-bond donors (Lipinski definition) is 1. The van der Waals surface area contributed by atoms with E-state index in [4.69, 9.17) is 0 Å². The van der Waals surface area contributed by atoms with Gasteiger partial charge in [-0.25, -0.2) is 4.98 Å². The number of hydrogen-bond acceptors (Lipinski definition) is 4. The third-order valence-electron chi connectivity index (χ3n) is 3.26. The highest BCUT2D eigenvalue weighted by atomic mass is 15.2. The third-order valence-corrected chi connectivity index (χ3v) is 3.26. The molecular formula is C12H22N4. The molecule has 0 aliphatic rings. The molecule has 1 aromatic heterocycles. The second-order valence-electron chi connectivity index (χ2n) is 4.68. The molecule has 0 fully saturated rings. The van der Waals surface area contributed by atoms with Crippen LogP contribution in [0, 0.1) is 6.92 Å². The zero-order valence-corrected chi connectivity index (χ0v) is 11.1. The molecule has 4 nitrogen and oxygen atoms in total. The SMILES string of the molecule is CCC(C)(C)N(C)c1nc(NC)ncc1C. The highest BCUT2D eigenvalue weighted by Gasteiger charge is 2.23. The van der Waals surface area contributed by atoms with E-state index in [1.165, 1.54) is 0 Å². The van der Waals surface area contributed by atoms with Gasteiger partial charge in [0.05, 0.1) is 0 Å². The molecular weight excluding hydrogens is 200 g/mol. The van der Waals surface area contributed by atoms with Crippen molar-refractivity contribution in [2.45, 2.75) is 39.7 Å². The topological polar surface area (TPSA) is 41.1 Å². The van der Waals surface area contributed by atoms with Gasteiger partial charge in [0.1, 0.15) is 5.82 Å². The van der Waals surface area contributed by atoms with Gasteiger partial charge in [0.15, 0.2) is 0 Å². The molecule has 0 bridgehead atoms. The summed E-state index contributed by atoms with van der Waals surface area (Å²) < 4.78 is 0. The van der Waals surface area contributed by atoms with Crippen molar-refractivity contribution in [1.82, 2.24) is 9.97 Å². The summed E-state index contributed by atoms with van der Waals surface area (Å²) in [4.78, 5) is 10.9. The number of nitrogens with zero attached hydrogens (tertiary/aromatic N) is 3. The van der Waals surface area contributed by atoms with Crippen molar-refractivity contribution in [3.8, 4) is 0 Å². The smallest absolute Gasteiger partial charge is 0.224 e. The van der Waals surface area contributed by atoms with Gasteiger partial charge in [-0.15, -0.1) is 0 Å². The number of anilines is 2. The lowest BCUT2D eigenvalue weighted by atomic mass is 9.99. The van der Waals surface area contributed by atoms with Crippen LogP contribution in [-0.2, 0) is 0 Å². The first-order valence-electron chi connectivity index (χ1n) is 5.67. The van der Waals surface area contributed by atoms with Crippen molar-refractivity contribution in [2.75, 3.05) is 24.3 Å². The van der Waals surface area contributed by atoms with E-state index in [-0.39, 0.29) is 5.54 Å². The maximum atomic E-state index is 4.51. The zero-order valence-electron chi connectivity index (χ0n) is 11.1. The molecule has 90 valence electrons. The van der Waals surface area contributed by atoms with Crippen LogP contribution < -0.4 is 10.2 Å². The molecule has 0 aliphatic carbocycles. The molecule has 0 aromatic carbocycles. The van der Waals surface area contributed by atoms with Gasteiger partial charge in [-0.1, -0.05) is 6.92 Å². The van der Waals surface area contributed by atoms with Gasteiger partial charge in [-0.05, 0) is 27.2 Å². The summed E-state index contributed by atoms with van der Waals surface area (Å²) in [5.41, 5.74) is 1.20.